The van der Waals surface area contributed by atoms with Gasteiger partial charge < -0.3 is 10.6 Å². The maximum absolute atomic E-state index is 11.9. The van der Waals surface area contributed by atoms with Crippen LogP contribution in [-0.2, 0) is 0 Å². The summed E-state index contributed by atoms with van der Waals surface area (Å²) in [5.74, 6) is -0.0341. The van der Waals surface area contributed by atoms with Crippen molar-refractivity contribution in [1.82, 2.24) is 5.32 Å². The number of fused-ring (bicyclic) bond motifs is 1. The summed E-state index contributed by atoms with van der Waals surface area (Å²) in [6.45, 7) is 9.92. The lowest BCUT2D eigenvalue weighted by Gasteiger charge is -2.28. The molecule has 1 aliphatic rings. The molecule has 3 heteroatoms. The number of rotatable bonds is 2. The van der Waals surface area contributed by atoms with E-state index in [0.717, 1.165) is 11.3 Å². The van der Waals surface area contributed by atoms with Crippen LogP contribution in [0.25, 0.3) is 0 Å². The van der Waals surface area contributed by atoms with Crippen molar-refractivity contribution in [2.45, 2.75) is 20.0 Å². The van der Waals surface area contributed by atoms with E-state index in [1.807, 2.05) is 56.3 Å². The van der Waals surface area contributed by atoms with Crippen LogP contribution in [0.5, 0.6) is 0 Å². The van der Waals surface area contributed by atoms with Crippen molar-refractivity contribution in [2.24, 2.45) is 0 Å². The van der Waals surface area contributed by atoms with E-state index in [4.69, 9.17) is 0 Å². The maximum atomic E-state index is 11.9. The fraction of sp³-hybridized carbons (Fsp3) is 0.188. The Morgan fingerprint density at radius 1 is 1.21 bits per heavy atom. The third-order valence-corrected chi connectivity index (χ3v) is 2.77. The van der Waals surface area contributed by atoms with Crippen LogP contribution < -0.4 is 10.6 Å². The molecule has 1 amide bonds. The number of amides is 1. The Bertz CT molecular complexity index is 503. The van der Waals surface area contributed by atoms with Gasteiger partial charge in [0.2, 0.25) is 0 Å². The van der Waals surface area contributed by atoms with Gasteiger partial charge in [0.25, 0.3) is 5.91 Å². The molecule has 1 atom stereocenters. The topological polar surface area (TPSA) is 41.1 Å². The van der Waals surface area contributed by atoms with Crippen LogP contribution >= 0.6 is 0 Å². The zero-order valence-electron chi connectivity index (χ0n) is 11.4. The van der Waals surface area contributed by atoms with Gasteiger partial charge in [0.15, 0.2) is 0 Å². The first-order valence-corrected chi connectivity index (χ1v) is 6.21. The molecule has 2 rings (SSSR count). The zero-order chi connectivity index (χ0) is 14.3. The van der Waals surface area contributed by atoms with Gasteiger partial charge in [0.1, 0.15) is 6.17 Å². The van der Waals surface area contributed by atoms with E-state index in [0.29, 0.717) is 5.56 Å². The van der Waals surface area contributed by atoms with Crippen LogP contribution in [0.4, 0.5) is 5.69 Å². The minimum atomic E-state index is -0.154. The molecule has 0 saturated heterocycles. The van der Waals surface area contributed by atoms with Gasteiger partial charge >= 0.3 is 0 Å². The summed E-state index contributed by atoms with van der Waals surface area (Å²) < 4.78 is 0. The normalized spacial score (nSPS) is 17.9. The Kier molecular flexibility index (Phi) is 5.61. The van der Waals surface area contributed by atoms with E-state index in [2.05, 4.69) is 23.8 Å². The number of hydrogen-bond acceptors (Lipinski definition) is 2. The van der Waals surface area contributed by atoms with Crippen LogP contribution in [-0.4, -0.2) is 12.1 Å². The van der Waals surface area contributed by atoms with Crippen molar-refractivity contribution in [3.8, 4) is 0 Å². The van der Waals surface area contributed by atoms with Crippen molar-refractivity contribution in [3.05, 3.63) is 66.8 Å². The first-order valence-electron chi connectivity index (χ1n) is 6.21. The molecule has 1 unspecified atom stereocenters. The van der Waals surface area contributed by atoms with Gasteiger partial charge in [-0.2, -0.15) is 0 Å². The molecule has 1 aromatic carbocycles. The molecule has 0 fully saturated rings. The highest BCUT2D eigenvalue weighted by atomic mass is 16.2. The summed E-state index contributed by atoms with van der Waals surface area (Å²) in [4.78, 5) is 11.9. The first kappa shape index (κ1) is 14.8. The van der Waals surface area contributed by atoms with E-state index in [1.165, 1.54) is 0 Å². The van der Waals surface area contributed by atoms with Crippen LogP contribution in [0.3, 0.4) is 0 Å². The summed E-state index contributed by atoms with van der Waals surface area (Å²) in [5.41, 5.74) is 2.63. The van der Waals surface area contributed by atoms with E-state index in [9.17, 15) is 4.79 Å². The third-order valence-electron chi connectivity index (χ3n) is 2.77. The van der Waals surface area contributed by atoms with Crippen molar-refractivity contribution < 1.29 is 4.79 Å². The van der Waals surface area contributed by atoms with Crippen LogP contribution in [0, 0.1) is 0 Å². The van der Waals surface area contributed by atoms with Crippen molar-refractivity contribution >= 4 is 11.6 Å². The van der Waals surface area contributed by atoms with E-state index in [1.54, 1.807) is 0 Å². The molecular weight excluding hydrogens is 236 g/mol. The van der Waals surface area contributed by atoms with Gasteiger partial charge in [-0.1, -0.05) is 30.4 Å². The molecule has 0 saturated carbocycles. The number of carbonyl (C=O) groups is 1. The van der Waals surface area contributed by atoms with Crippen LogP contribution in [0.2, 0.25) is 0 Å². The number of hydrogen-bond donors (Lipinski definition) is 2. The Labute approximate surface area is 114 Å². The highest BCUT2D eigenvalue weighted by Crippen LogP contribution is 2.22. The average Bonchev–Trinajstić information content (AvgIpc) is 2.47. The fourth-order valence-electron chi connectivity index (χ4n) is 1.93. The molecule has 0 aromatic heterocycles. The summed E-state index contributed by atoms with van der Waals surface area (Å²) in [7, 11) is 0. The molecule has 0 bridgehead atoms. The van der Waals surface area contributed by atoms with Crippen LogP contribution in [0.15, 0.2) is 61.2 Å². The van der Waals surface area contributed by atoms with Gasteiger partial charge in [-0.15, -0.1) is 13.2 Å². The fourth-order valence-corrected chi connectivity index (χ4v) is 1.93. The Balaban J connectivity index is 0.000000861. The second-order valence-corrected chi connectivity index (χ2v) is 3.89. The molecule has 0 radical (unpaired) electrons. The maximum Gasteiger partial charge on any atom is 0.255 e. The predicted octanol–water partition coefficient (Wildman–Crippen LogP) is 3.49. The summed E-state index contributed by atoms with van der Waals surface area (Å²) in [5, 5.41) is 6.25. The van der Waals surface area contributed by atoms with Crippen molar-refractivity contribution in [2.75, 3.05) is 5.32 Å². The van der Waals surface area contributed by atoms with Gasteiger partial charge in [-0.05, 0) is 31.6 Å². The van der Waals surface area contributed by atoms with Gasteiger partial charge in [0, 0.05) is 5.69 Å². The smallest absolute Gasteiger partial charge is 0.255 e. The second kappa shape index (κ2) is 7.21. The number of benzene rings is 1. The van der Waals surface area contributed by atoms with Gasteiger partial charge in [-0.3, -0.25) is 4.79 Å². The lowest BCUT2D eigenvalue weighted by molar-refractivity contribution is 0.0942. The summed E-state index contributed by atoms with van der Waals surface area (Å²) in [6, 6.07) is 7.53. The molecule has 1 heterocycles. The highest BCUT2D eigenvalue weighted by molar-refractivity contribution is 6.01. The number of carbonyl (C=O) groups excluding carboxylic acids is 1. The molecule has 0 aliphatic carbocycles. The van der Waals surface area contributed by atoms with Crippen molar-refractivity contribution in [3.63, 3.8) is 0 Å². The standard InChI is InChI=1S/C14H16N2O.C2H4/c1-3-7-10(4-2)13-15-12-9-6-5-8-11(12)14(17)16-13;1-2/h3-9,13,15H,1-2H3,(H,16,17);1-2H2/b7-3-,10-4+;. The summed E-state index contributed by atoms with van der Waals surface area (Å²) in [6.07, 6.45) is 5.79. The molecule has 1 aliphatic heterocycles. The lowest BCUT2D eigenvalue weighted by Crippen LogP contribution is -2.45. The Morgan fingerprint density at radius 2 is 1.89 bits per heavy atom. The number of anilines is 1. The molecule has 100 valence electrons. The van der Waals surface area contributed by atoms with Gasteiger partial charge in [-0.25, -0.2) is 0 Å². The van der Waals surface area contributed by atoms with Crippen LogP contribution in [0.1, 0.15) is 24.2 Å². The SMILES string of the molecule is C/C=C\C(=C/C)C1NC(=O)c2ccccc2N1.C=C. The Hall–Kier alpha value is -2.29. The molecule has 3 nitrogen and oxygen atoms in total. The first-order chi connectivity index (χ1) is 9.26. The summed E-state index contributed by atoms with van der Waals surface area (Å²) >= 11 is 0. The minimum Gasteiger partial charge on any atom is -0.361 e. The number of allylic oxidation sites excluding steroid dienone is 2. The average molecular weight is 256 g/mol. The van der Waals surface area contributed by atoms with Gasteiger partial charge in [0.05, 0.1) is 5.56 Å². The minimum absolute atomic E-state index is 0.0341. The van der Waals surface area contributed by atoms with E-state index in [-0.39, 0.29) is 12.1 Å². The Morgan fingerprint density at radius 3 is 2.53 bits per heavy atom. The van der Waals surface area contributed by atoms with E-state index < -0.39 is 0 Å². The predicted molar refractivity (Wildman–Crippen MR) is 81.1 cm³/mol. The third kappa shape index (κ3) is 3.35. The highest BCUT2D eigenvalue weighted by Gasteiger charge is 2.23. The second-order valence-electron chi connectivity index (χ2n) is 3.89. The molecule has 19 heavy (non-hydrogen) atoms. The molecule has 1 aromatic rings. The lowest BCUT2D eigenvalue weighted by atomic mass is 10.1. The quantitative estimate of drug-likeness (QED) is 0.628. The van der Waals surface area contributed by atoms with Crippen molar-refractivity contribution in [1.29, 1.82) is 0 Å². The number of para-hydroxylation sites is 1. The molecular formula is C16H20N2O. The monoisotopic (exact) mass is 256 g/mol. The molecule has 0 spiro atoms. The largest absolute Gasteiger partial charge is 0.361 e. The number of nitrogens with one attached hydrogen (secondary N) is 2. The zero-order valence-corrected chi connectivity index (χ0v) is 11.4. The van der Waals surface area contributed by atoms with E-state index >= 15 is 0 Å². The molecule has 2 N–H and O–H groups in total.